The summed E-state index contributed by atoms with van der Waals surface area (Å²) in [5, 5.41) is 0. The molecule has 0 aromatic heterocycles. The first-order chi connectivity index (χ1) is 8.52. The molecule has 1 nitrogen and oxygen atoms in total. The van der Waals surface area contributed by atoms with Crippen LogP contribution < -0.4 is 5.73 Å². The van der Waals surface area contributed by atoms with Crippen molar-refractivity contribution in [2.24, 2.45) is 5.73 Å². The normalized spacial score (nSPS) is 11.4. The summed E-state index contributed by atoms with van der Waals surface area (Å²) in [6.07, 6.45) is 3.38. The van der Waals surface area contributed by atoms with E-state index in [1.54, 1.807) is 0 Å². The molecular formula is C16H27NS. The van der Waals surface area contributed by atoms with Crippen molar-refractivity contribution in [3.05, 3.63) is 42.0 Å². The van der Waals surface area contributed by atoms with E-state index in [9.17, 15) is 0 Å². The molecule has 0 aliphatic carbocycles. The number of hydrogen-bond donors (Lipinski definition) is 2. The molecule has 1 unspecified atom stereocenters. The predicted molar refractivity (Wildman–Crippen MR) is 87.2 cm³/mol. The van der Waals surface area contributed by atoms with Crippen LogP contribution in [0.5, 0.6) is 0 Å². The molecule has 1 aromatic carbocycles. The zero-order valence-corrected chi connectivity index (χ0v) is 12.8. The number of hydrogen-bond acceptors (Lipinski definition) is 2. The molecule has 1 atom stereocenters. The highest BCUT2D eigenvalue weighted by Gasteiger charge is 1.96. The summed E-state index contributed by atoms with van der Waals surface area (Å²) in [5.41, 5.74) is 9.35. The van der Waals surface area contributed by atoms with E-state index in [0.717, 1.165) is 24.2 Å². The van der Waals surface area contributed by atoms with E-state index in [2.05, 4.69) is 45.2 Å². The molecule has 18 heavy (non-hydrogen) atoms. The van der Waals surface area contributed by atoms with Gasteiger partial charge in [-0.15, -0.1) is 0 Å². The van der Waals surface area contributed by atoms with Crippen molar-refractivity contribution >= 4 is 18.2 Å². The fourth-order valence-electron chi connectivity index (χ4n) is 1.73. The minimum Gasteiger partial charge on any atom is -0.328 e. The van der Waals surface area contributed by atoms with E-state index in [-0.39, 0.29) is 0 Å². The fraction of sp³-hybridized carbons (Fsp3) is 0.500. The molecule has 0 aliphatic heterocycles. The van der Waals surface area contributed by atoms with Crippen LogP contribution in [-0.2, 0) is 0 Å². The van der Waals surface area contributed by atoms with Crippen molar-refractivity contribution in [2.75, 3.05) is 5.75 Å². The van der Waals surface area contributed by atoms with Crippen LogP contribution in [0.1, 0.15) is 44.2 Å². The van der Waals surface area contributed by atoms with Gasteiger partial charge in [-0.1, -0.05) is 49.8 Å². The highest BCUT2D eigenvalue weighted by Crippen LogP contribution is 2.14. The van der Waals surface area contributed by atoms with Gasteiger partial charge in [0.05, 0.1) is 0 Å². The summed E-state index contributed by atoms with van der Waals surface area (Å²) >= 11 is 4.07. The lowest BCUT2D eigenvalue weighted by Gasteiger charge is -2.05. The molecule has 2 N–H and O–H groups in total. The smallest absolute Gasteiger partial charge is 0.00464 e. The molecule has 0 bridgehead atoms. The van der Waals surface area contributed by atoms with E-state index in [1.165, 1.54) is 17.5 Å². The average Bonchev–Trinajstić information content (AvgIpc) is 2.30. The topological polar surface area (TPSA) is 26.0 Å². The van der Waals surface area contributed by atoms with Crippen LogP contribution in [0.15, 0.2) is 30.8 Å². The zero-order chi connectivity index (χ0) is 14.0. The van der Waals surface area contributed by atoms with Crippen molar-refractivity contribution in [3.63, 3.8) is 0 Å². The number of nitrogens with two attached hydrogens (primary N) is 1. The molecule has 0 saturated carbocycles. The molecule has 1 aromatic rings. The summed E-state index contributed by atoms with van der Waals surface area (Å²) in [5.74, 6) is 0.918. The van der Waals surface area contributed by atoms with Gasteiger partial charge in [0.25, 0.3) is 0 Å². The van der Waals surface area contributed by atoms with Crippen molar-refractivity contribution in [2.45, 2.75) is 46.1 Å². The first kappa shape index (κ1) is 17.3. The first-order valence-electron chi connectivity index (χ1n) is 6.60. The van der Waals surface area contributed by atoms with E-state index < -0.39 is 0 Å². The lowest BCUT2D eigenvalue weighted by Crippen LogP contribution is -2.19. The van der Waals surface area contributed by atoms with E-state index in [4.69, 9.17) is 5.73 Å². The summed E-state index contributed by atoms with van der Waals surface area (Å²) in [7, 11) is 0. The Morgan fingerprint density at radius 2 is 1.94 bits per heavy atom. The van der Waals surface area contributed by atoms with Gasteiger partial charge in [-0.25, -0.2) is 0 Å². The van der Waals surface area contributed by atoms with Crippen LogP contribution in [0.25, 0.3) is 5.57 Å². The van der Waals surface area contributed by atoms with Gasteiger partial charge in [0.2, 0.25) is 0 Å². The van der Waals surface area contributed by atoms with Crippen LogP contribution >= 0.6 is 12.6 Å². The van der Waals surface area contributed by atoms with Gasteiger partial charge in [0.15, 0.2) is 0 Å². The molecule has 102 valence electrons. The third-order valence-corrected chi connectivity index (χ3v) is 3.02. The second kappa shape index (κ2) is 10.2. The minimum absolute atomic E-state index is 0.387. The van der Waals surface area contributed by atoms with Crippen LogP contribution in [0.3, 0.4) is 0 Å². The Labute approximate surface area is 118 Å². The Balaban J connectivity index is 0.000000331. The maximum atomic E-state index is 5.65. The molecule has 2 heteroatoms. The number of rotatable bonds is 5. The Bertz CT molecular complexity index is 341. The quantitative estimate of drug-likeness (QED) is 0.755. The summed E-state index contributed by atoms with van der Waals surface area (Å²) in [6.45, 7) is 10.2. The van der Waals surface area contributed by atoms with Crippen LogP contribution in [0.2, 0.25) is 0 Å². The molecular weight excluding hydrogens is 238 g/mol. The number of benzene rings is 1. The van der Waals surface area contributed by atoms with Crippen molar-refractivity contribution in [1.29, 1.82) is 0 Å². The SMILES string of the molecule is C=C(C)c1ccccc1C.CCCC(N)CCS. The van der Waals surface area contributed by atoms with Gasteiger partial charge in [-0.2, -0.15) is 12.6 Å². The van der Waals surface area contributed by atoms with Crippen LogP contribution in [0.4, 0.5) is 0 Å². The second-order valence-corrected chi connectivity index (χ2v) is 5.10. The molecule has 0 aliphatic rings. The molecule has 0 saturated heterocycles. The van der Waals surface area contributed by atoms with Crippen molar-refractivity contribution < 1.29 is 0 Å². The summed E-state index contributed by atoms with van der Waals surface area (Å²) in [6, 6.07) is 8.66. The molecule has 0 spiro atoms. The monoisotopic (exact) mass is 265 g/mol. The van der Waals surface area contributed by atoms with Gasteiger partial charge in [-0.3, -0.25) is 0 Å². The maximum Gasteiger partial charge on any atom is 0.00464 e. The van der Waals surface area contributed by atoms with E-state index >= 15 is 0 Å². The Morgan fingerprint density at radius 1 is 1.33 bits per heavy atom. The van der Waals surface area contributed by atoms with Gasteiger partial charge in [-0.05, 0) is 43.6 Å². The van der Waals surface area contributed by atoms with Crippen molar-refractivity contribution in [1.82, 2.24) is 0 Å². The fourth-order valence-corrected chi connectivity index (χ4v) is 2.06. The Hall–Kier alpha value is -0.730. The van der Waals surface area contributed by atoms with Gasteiger partial charge >= 0.3 is 0 Å². The van der Waals surface area contributed by atoms with Crippen LogP contribution in [-0.4, -0.2) is 11.8 Å². The number of allylic oxidation sites excluding steroid dienone is 1. The molecule has 0 amide bonds. The highest BCUT2D eigenvalue weighted by molar-refractivity contribution is 7.80. The van der Waals surface area contributed by atoms with Gasteiger partial charge in [0, 0.05) is 6.04 Å². The predicted octanol–water partition coefficient (Wildman–Crippen LogP) is 4.46. The van der Waals surface area contributed by atoms with Crippen molar-refractivity contribution in [3.8, 4) is 0 Å². The summed E-state index contributed by atoms with van der Waals surface area (Å²) in [4.78, 5) is 0. The number of aryl methyl sites for hydroxylation is 1. The lowest BCUT2D eigenvalue weighted by atomic mass is 10.0. The summed E-state index contributed by atoms with van der Waals surface area (Å²) < 4.78 is 0. The Morgan fingerprint density at radius 3 is 2.33 bits per heavy atom. The number of thiol groups is 1. The molecule has 0 fully saturated rings. The third kappa shape index (κ3) is 7.57. The second-order valence-electron chi connectivity index (χ2n) is 4.66. The average molecular weight is 265 g/mol. The molecule has 1 rings (SSSR count). The highest BCUT2D eigenvalue weighted by atomic mass is 32.1. The van der Waals surface area contributed by atoms with E-state index in [1.807, 2.05) is 19.1 Å². The van der Waals surface area contributed by atoms with Gasteiger partial charge < -0.3 is 5.73 Å². The molecule has 0 radical (unpaired) electrons. The standard InChI is InChI=1S/C10H12.C6H15NS/c1-8(2)10-7-5-4-6-9(10)3;1-2-3-6(7)4-5-8/h4-7H,1H2,2-3H3;6,8H,2-5,7H2,1H3. The maximum absolute atomic E-state index is 5.65. The first-order valence-corrected chi connectivity index (χ1v) is 7.24. The largest absolute Gasteiger partial charge is 0.328 e. The third-order valence-electron chi connectivity index (χ3n) is 2.76. The zero-order valence-electron chi connectivity index (χ0n) is 11.9. The Kier molecular flexibility index (Phi) is 9.80. The van der Waals surface area contributed by atoms with E-state index in [0.29, 0.717) is 6.04 Å². The minimum atomic E-state index is 0.387. The van der Waals surface area contributed by atoms with Gasteiger partial charge in [0.1, 0.15) is 0 Å². The molecule has 0 heterocycles. The lowest BCUT2D eigenvalue weighted by molar-refractivity contribution is 0.591. The van der Waals surface area contributed by atoms with Crippen LogP contribution in [0, 0.1) is 6.92 Å².